The van der Waals surface area contributed by atoms with Gasteiger partial charge in [0.2, 0.25) is 6.61 Å². The smallest absolute Gasteiger partial charge is 0.344 e. The van der Waals surface area contributed by atoms with E-state index in [2.05, 4.69) is 26.9 Å². The number of aromatic nitrogens is 1. The van der Waals surface area contributed by atoms with Gasteiger partial charge in [0.05, 0.1) is 17.5 Å². The summed E-state index contributed by atoms with van der Waals surface area (Å²) in [6.45, 7) is 2.76. The zero-order valence-corrected chi connectivity index (χ0v) is 16.1. The van der Waals surface area contributed by atoms with E-state index in [-0.39, 0.29) is 22.1 Å². The van der Waals surface area contributed by atoms with Crippen LogP contribution in [-0.4, -0.2) is 57.2 Å². The van der Waals surface area contributed by atoms with Crippen LogP contribution in [0.15, 0.2) is 46.5 Å². The lowest BCUT2D eigenvalue weighted by Crippen LogP contribution is -2.62. The Morgan fingerprint density at radius 1 is 1.40 bits per heavy atom. The third kappa shape index (κ3) is 3.85. The number of nitrogens with two attached hydrogens (primary N) is 1. The van der Waals surface area contributed by atoms with Crippen molar-refractivity contribution in [3.63, 3.8) is 0 Å². The highest BCUT2D eigenvalue weighted by Crippen LogP contribution is 2.42. The number of carboxylic acid groups (broad SMARTS) is 2. The fourth-order valence-corrected chi connectivity index (χ4v) is 3.80. The van der Waals surface area contributed by atoms with Gasteiger partial charge in [-0.25, -0.2) is 14.6 Å². The van der Waals surface area contributed by atoms with Gasteiger partial charge in [-0.05, 0) is 5.57 Å². The molecule has 0 bridgehead atoms. The van der Waals surface area contributed by atoms with Crippen LogP contribution in [0.1, 0.15) is 5.69 Å². The molecule has 1 heterocycles. The largest absolute Gasteiger partial charge is 0.479 e. The summed E-state index contributed by atoms with van der Waals surface area (Å²) in [4.78, 5) is 56.1. The summed E-state index contributed by atoms with van der Waals surface area (Å²) >= 11 is 1.03. The summed E-state index contributed by atoms with van der Waals surface area (Å²) in [6, 6.07) is -0.986. The Balaban J connectivity index is 1.80. The lowest BCUT2D eigenvalue weighted by molar-refractivity contribution is -0.142. The molecule has 3 unspecified atom stereocenters. The lowest BCUT2D eigenvalue weighted by Gasteiger charge is -2.44. The highest BCUT2D eigenvalue weighted by molar-refractivity contribution is 7.13. The number of hydrogen-bond donors (Lipinski definition) is 4. The number of anilines is 1. The van der Waals surface area contributed by atoms with Crippen molar-refractivity contribution in [3.05, 3.63) is 47.0 Å². The number of allylic oxidation sites excluding steroid dienone is 3. The molecule has 1 fully saturated rings. The second-order valence-electron chi connectivity index (χ2n) is 6.32. The first-order valence-corrected chi connectivity index (χ1v) is 9.38. The number of ketones is 1. The maximum Gasteiger partial charge on any atom is 0.344 e. The summed E-state index contributed by atoms with van der Waals surface area (Å²) < 4.78 is 0. The van der Waals surface area contributed by atoms with Crippen molar-refractivity contribution in [2.24, 2.45) is 17.0 Å². The number of rotatable bonds is 8. The van der Waals surface area contributed by atoms with Crippen LogP contribution >= 0.6 is 11.3 Å². The van der Waals surface area contributed by atoms with E-state index in [1.807, 2.05) is 0 Å². The van der Waals surface area contributed by atoms with Crippen LogP contribution in [0.25, 0.3) is 0 Å². The van der Waals surface area contributed by atoms with Gasteiger partial charge in [-0.1, -0.05) is 30.0 Å². The van der Waals surface area contributed by atoms with E-state index in [9.17, 15) is 24.3 Å². The van der Waals surface area contributed by atoms with E-state index in [0.29, 0.717) is 5.57 Å². The average Bonchev–Trinajstić information content (AvgIpc) is 3.13. The first-order chi connectivity index (χ1) is 14.2. The SMILES string of the molecule is C=CC1=C(C(=O)O)C2C(=O)C(NC(=O)/C(=N\OCC(=O)O)c3csc(N)n3)C2C=C1. The molecule has 0 aliphatic heterocycles. The van der Waals surface area contributed by atoms with Crippen LogP contribution in [0.4, 0.5) is 5.13 Å². The Kier molecular flexibility index (Phi) is 5.78. The molecule has 2 aliphatic rings. The van der Waals surface area contributed by atoms with Crippen LogP contribution in [0.5, 0.6) is 0 Å². The first-order valence-electron chi connectivity index (χ1n) is 8.50. The van der Waals surface area contributed by atoms with Crippen molar-refractivity contribution in [2.45, 2.75) is 6.04 Å². The molecule has 0 spiro atoms. The number of amides is 1. The summed E-state index contributed by atoms with van der Waals surface area (Å²) in [7, 11) is 0. The molecule has 1 aromatic rings. The summed E-state index contributed by atoms with van der Waals surface area (Å²) in [5, 5.41) is 25.7. The molecule has 30 heavy (non-hydrogen) atoms. The molecule has 0 saturated heterocycles. The molecule has 2 aliphatic carbocycles. The van der Waals surface area contributed by atoms with Crippen molar-refractivity contribution in [3.8, 4) is 0 Å². The molecule has 0 aromatic carbocycles. The van der Waals surface area contributed by atoms with Crippen molar-refractivity contribution in [1.82, 2.24) is 10.3 Å². The molecule has 156 valence electrons. The minimum absolute atomic E-state index is 0.0444. The van der Waals surface area contributed by atoms with Crippen LogP contribution in [0.3, 0.4) is 0 Å². The van der Waals surface area contributed by atoms with Crippen LogP contribution in [0, 0.1) is 11.8 Å². The molecule has 0 radical (unpaired) electrons. The number of aliphatic carboxylic acids is 2. The van der Waals surface area contributed by atoms with Crippen molar-refractivity contribution in [1.29, 1.82) is 0 Å². The monoisotopic (exact) mass is 432 g/mol. The van der Waals surface area contributed by atoms with E-state index in [4.69, 9.17) is 10.8 Å². The van der Waals surface area contributed by atoms with E-state index in [1.165, 1.54) is 17.5 Å². The Bertz CT molecular complexity index is 1040. The van der Waals surface area contributed by atoms with E-state index in [0.717, 1.165) is 11.3 Å². The predicted molar refractivity (Wildman–Crippen MR) is 105 cm³/mol. The highest BCUT2D eigenvalue weighted by Gasteiger charge is 2.54. The second kappa shape index (κ2) is 8.29. The fraction of sp³-hybridized carbons (Fsp3) is 0.222. The standard InChI is InChI=1S/C18H16N4O7S/c1-2-7-3-4-8-12(11(7)17(27)28)15(25)13(8)21-16(26)14(22-29-5-10(23)24)9-6-30-18(19)20-9/h2-4,6,8,12-13H,1,5H2,(H2,19,20)(H,21,26)(H,23,24)(H,27,28)/b22-14-. The van der Waals surface area contributed by atoms with Crippen molar-refractivity contribution >= 4 is 45.8 Å². The second-order valence-corrected chi connectivity index (χ2v) is 7.21. The topological polar surface area (TPSA) is 181 Å². The number of nitrogens with zero attached hydrogens (tertiary/aromatic N) is 2. The number of carboxylic acids is 2. The normalized spacial score (nSPS) is 22.7. The molecule has 5 N–H and O–H groups in total. The minimum atomic E-state index is -1.30. The van der Waals surface area contributed by atoms with Gasteiger partial charge in [-0.2, -0.15) is 0 Å². The molecule has 1 saturated carbocycles. The predicted octanol–water partition coefficient (Wildman–Crippen LogP) is -0.0325. The maximum absolute atomic E-state index is 12.7. The third-order valence-electron chi connectivity index (χ3n) is 4.56. The number of fused-ring (bicyclic) bond motifs is 1. The van der Waals surface area contributed by atoms with Gasteiger partial charge in [-0.15, -0.1) is 11.3 Å². The number of nitrogen functional groups attached to an aromatic ring is 1. The molecule has 3 atom stereocenters. The number of oxime groups is 1. The quantitative estimate of drug-likeness (QED) is 0.324. The van der Waals surface area contributed by atoms with Crippen molar-refractivity contribution in [2.75, 3.05) is 12.3 Å². The minimum Gasteiger partial charge on any atom is -0.479 e. The Morgan fingerprint density at radius 3 is 2.70 bits per heavy atom. The Hall–Kier alpha value is -3.80. The zero-order valence-electron chi connectivity index (χ0n) is 15.3. The summed E-state index contributed by atoms with van der Waals surface area (Å²) in [6.07, 6.45) is 4.53. The molecule has 1 aromatic heterocycles. The van der Waals surface area contributed by atoms with Crippen LogP contribution in [0.2, 0.25) is 0 Å². The molecular weight excluding hydrogens is 416 g/mol. The number of nitrogens with one attached hydrogen (secondary N) is 1. The zero-order chi connectivity index (χ0) is 22.0. The van der Waals surface area contributed by atoms with Crippen LogP contribution < -0.4 is 11.1 Å². The summed E-state index contributed by atoms with van der Waals surface area (Å²) in [5.74, 6) is -5.30. The van der Waals surface area contributed by atoms with Gasteiger partial charge in [0.15, 0.2) is 16.6 Å². The molecule has 12 heteroatoms. The average molecular weight is 432 g/mol. The maximum atomic E-state index is 12.7. The highest BCUT2D eigenvalue weighted by atomic mass is 32.1. The number of hydrogen-bond acceptors (Lipinski definition) is 9. The van der Waals surface area contributed by atoms with E-state index >= 15 is 0 Å². The van der Waals surface area contributed by atoms with Crippen LogP contribution in [-0.2, 0) is 24.0 Å². The molecular formula is C18H16N4O7S. The van der Waals surface area contributed by atoms with Gasteiger partial charge >= 0.3 is 11.9 Å². The number of Topliss-reactive ketones (excluding diaryl/α,β-unsaturated/α-hetero) is 1. The van der Waals surface area contributed by atoms with Gasteiger partial charge in [0.25, 0.3) is 5.91 Å². The third-order valence-corrected chi connectivity index (χ3v) is 5.24. The lowest BCUT2D eigenvalue weighted by atomic mass is 9.61. The Labute approximate surface area is 173 Å². The fourth-order valence-electron chi connectivity index (χ4n) is 3.25. The van der Waals surface area contributed by atoms with Gasteiger partial charge < -0.3 is 26.1 Å². The Morgan fingerprint density at radius 2 is 2.13 bits per heavy atom. The first kappa shape index (κ1) is 20.9. The number of thiazole rings is 1. The van der Waals surface area contributed by atoms with Crippen molar-refractivity contribution < 1.29 is 34.2 Å². The molecule has 3 rings (SSSR count). The number of carbonyl (C=O) groups is 4. The van der Waals surface area contributed by atoms with Gasteiger partial charge in [-0.3, -0.25) is 9.59 Å². The summed E-state index contributed by atoms with van der Waals surface area (Å²) in [5.41, 5.74) is 5.52. The number of carbonyl (C=O) groups excluding carboxylic acids is 2. The molecule has 1 amide bonds. The van der Waals surface area contributed by atoms with E-state index < -0.39 is 48.1 Å². The van der Waals surface area contributed by atoms with Gasteiger partial charge in [0, 0.05) is 11.3 Å². The van der Waals surface area contributed by atoms with E-state index in [1.54, 1.807) is 6.08 Å². The molecule has 11 nitrogen and oxygen atoms in total. The van der Waals surface area contributed by atoms with Gasteiger partial charge in [0.1, 0.15) is 5.69 Å².